The van der Waals surface area contributed by atoms with E-state index in [0.29, 0.717) is 23.2 Å². The van der Waals surface area contributed by atoms with E-state index >= 15 is 0 Å². The van der Waals surface area contributed by atoms with E-state index in [2.05, 4.69) is 46.8 Å². The molecule has 4 aromatic rings. The first-order valence-corrected chi connectivity index (χ1v) is 10.3. The molecule has 0 N–H and O–H groups in total. The number of aromatic nitrogens is 4. The van der Waals surface area contributed by atoms with Gasteiger partial charge >= 0.3 is 0 Å². The number of imidazole rings is 2. The number of rotatable bonds is 6. The minimum Gasteiger partial charge on any atom is -0.328 e. The molecule has 2 heterocycles. The topological polar surface area (TPSA) is 52.7 Å². The van der Waals surface area contributed by atoms with Gasteiger partial charge in [-0.3, -0.25) is 4.79 Å². The van der Waals surface area contributed by atoms with Crippen molar-refractivity contribution in [1.29, 1.82) is 0 Å². The van der Waals surface area contributed by atoms with Gasteiger partial charge in [-0.2, -0.15) is 0 Å². The summed E-state index contributed by atoms with van der Waals surface area (Å²) in [6.07, 6.45) is 7.57. The standard InChI is InChI=1S/C25H26N4O/c1-17(2)28-15-13-26-24(28)21-9-5-19(6-10-21)23(30)20-7-11-22(12-8-20)25-27-14-16-29(25)18(3)4/h5-18H,1-4H3. The summed E-state index contributed by atoms with van der Waals surface area (Å²) >= 11 is 0. The first-order chi connectivity index (χ1) is 14.5. The molecule has 5 nitrogen and oxygen atoms in total. The van der Waals surface area contributed by atoms with Gasteiger partial charge in [-0.25, -0.2) is 9.97 Å². The quantitative estimate of drug-likeness (QED) is 0.385. The van der Waals surface area contributed by atoms with E-state index in [9.17, 15) is 4.79 Å². The van der Waals surface area contributed by atoms with Crippen molar-refractivity contribution in [3.05, 3.63) is 84.4 Å². The van der Waals surface area contributed by atoms with Crippen LogP contribution >= 0.6 is 0 Å². The highest BCUT2D eigenvalue weighted by molar-refractivity contribution is 6.09. The van der Waals surface area contributed by atoms with Crippen LogP contribution in [0.4, 0.5) is 0 Å². The second kappa shape index (κ2) is 8.11. The summed E-state index contributed by atoms with van der Waals surface area (Å²) in [4.78, 5) is 21.9. The Labute approximate surface area is 177 Å². The number of hydrogen-bond acceptors (Lipinski definition) is 3. The lowest BCUT2D eigenvalue weighted by molar-refractivity contribution is 0.103. The number of nitrogens with zero attached hydrogens (tertiary/aromatic N) is 4. The highest BCUT2D eigenvalue weighted by Crippen LogP contribution is 2.24. The Morgan fingerprint density at radius 1 is 0.667 bits per heavy atom. The lowest BCUT2D eigenvalue weighted by Crippen LogP contribution is -2.04. The third-order valence-corrected chi connectivity index (χ3v) is 5.26. The molecule has 152 valence electrons. The molecular formula is C25H26N4O. The fourth-order valence-corrected chi connectivity index (χ4v) is 3.61. The van der Waals surface area contributed by atoms with Gasteiger partial charge in [0.05, 0.1) is 0 Å². The number of ketones is 1. The van der Waals surface area contributed by atoms with Gasteiger partial charge in [0, 0.05) is 59.1 Å². The van der Waals surface area contributed by atoms with E-state index in [1.165, 1.54) is 0 Å². The molecule has 2 aromatic carbocycles. The fourth-order valence-electron chi connectivity index (χ4n) is 3.61. The average Bonchev–Trinajstić information content (AvgIpc) is 3.43. The Kier molecular flexibility index (Phi) is 5.36. The minimum atomic E-state index is 0.00695. The van der Waals surface area contributed by atoms with Gasteiger partial charge in [0.2, 0.25) is 0 Å². The van der Waals surface area contributed by atoms with Crippen LogP contribution in [0.3, 0.4) is 0 Å². The van der Waals surface area contributed by atoms with Crippen molar-refractivity contribution in [1.82, 2.24) is 19.1 Å². The smallest absolute Gasteiger partial charge is 0.193 e. The molecule has 0 saturated carbocycles. The molecule has 0 radical (unpaired) electrons. The first-order valence-electron chi connectivity index (χ1n) is 10.3. The van der Waals surface area contributed by atoms with Crippen molar-refractivity contribution in [3.8, 4) is 22.8 Å². The van der Waals surface area contributed by atoms with Gasteiger partial charge in [-0.15, -0.1) is 0 Å². The van der Waals surface area contributed by atoms with Crippen molar-refractivity contribution in [2.45, 2.75) is 39.8 Å². The van der Waals surface area contributed by atoms with Gasteiger partial charge in [0.15, 0.2) is 5.78 Å². The molecule has 0 aliphatic rings. The zero-order chi connectivity index (χ0) is 21.3. The molecule has 5 heteroatoms. The summed E-state index contributed by atoms with van der Waals surface area (Å²) in [5, 5.41) is 0. The van der Waals surface area contributed by atoms with Crippen LogP contribution in [-0.2, 0) is 0 Å². The van der Waals surface area contributed by atoms with Crippen molar-refractivity contribution in [3.63, 3.8) is 0 Å². The average molecular weight is 399 g/mol. The van der Waals surface area contributed by atoms with E-state index in [1.54, 1.807) is 12.4 Å². The molecule has 0 bridgehead atoms. The highest BCUT2D eigenvalue weighted by Gasteiger charge is 2.13. The third-order valence-electron chi connectivity index (χ3n) is 5.26. The van der Waals surface area contributed by atoms with Crippen LogP contribution < -0.4 is 0 Å². The van der Waals surface area contributed by atoms with E-state index < -0.39 is 0 Å². The Balaban J connectivity index is 1.56. The molecule has 0 amide bonds. The molecule has 0 aliphatic carbocycles. The van der Waals surface area contributed by atoms with Gasteiger partial charge in [-0.05, 0) is 27.7 Å². The molecule has 0 saturated heterocycles. The first kappa shape index (κ1) is 19.8. The molecule has 0 atom stereocenters. The largest absolute Gasteiger partial charge is 0.328 e. The summed E-state index contributed by atoms with van der Waals surface area (Å²) in [5.41, 5.74) is 3.33. The van der Waals surface area contributed by atoms with Crippen LogP contribution in [0.25, 0.3) is 22.8 Å². The summed E-state index contributed by atoms with van der Waals surface area (Å²) in [6, 6.07) is 16.0. The van der Waals surface area contributed by atoms with Crippen LogP contribution in [0.15, 0.2) is 73.3 Å². The molecule has 2 aromatic heterocycles. The summed E-state index contributed by atoms with van der Waals surface area (Å²) in [7, 11) is 0. The SMILES string of the molecule is CC(C)n1ccnc1-c1ccc(C(=O)c2ccc(-c3nccn3C(C)C)cc2)cc1. The van der Waals surface area contributed by atoms with Crippen molar-refractivity contribution >= 4 is 5.78 Å². The Bertz CT molecular complexity index is 1060. The van der Waals surface area contributed by atoms with Gasteiger partial charge < -0.3 is 9.13 Å². The second-order valence-electron chi connectivity index (χ2n) is 7.99. The number of hydrogen-bond donors (Lipinski definition) is 0. The minimum absolute atomic E-state index is 0.00695. The lowest BCUT2D eigenvalue weighted by atomic mass is 10.0. The van der Waals surface area contributed by atoms with Gasteiger partial charge in [-0.1, -0.05) is 48.5 Å². The molecule has 0 unspecified atom stereocenters. The zero-order valence-electron chi connectivity index (χ0n) is 17.8. The van der Waals surface area contributed by atoms with Gasteiger partial charge in [0.25, 0.3) is 0 Å². The highest BCUT2D eigenvalue weighted by atomic mass is 16.1. The maximum Gasteiger partial charge on any atom is 0.193 e. The predicted molar refractivity (Wildman–Crippen MR) is 120 cm³/mol. The normalized spacial score (nSPS) is 11.4. The summed E-state index contributed by atoms with van der Waals surface area (Å²) < 4.78 is 4.24. The molecule has 0 spiro atoms. The van der Waals surface area contributed by atoms with Crippen LogP contribution in [-0.4, -0.2) is 24.9 Å². The number of carbonyl (C=O) groups is 1. The fraction of sp³-hybridized carbons (Fsp3) is 0.240. The van der Waals surface area contributed by atoms with Crippen LogP contribution in [0.1, 0.15) is 55.7 Å². The Morgan fingerprint density at radius 3 is 1.37 bits per heavy atom. The molecular weight excluding hydrogens is 372 g/mol. The predicted octanol–water partition coefficient (Wildman–Crippen LogP) is 5.81. The second-order valence-corrected chi connectivity index (χ2v) is 7.99. The Hall–Kier alpha value is -3.47. The van der Waals surface area contributed by atoms with Crippen molar-refractivity contribution < 1.29 is 4.79 Å². The van der Waals surface area contributed by atoms with Crippen LogP contribution in [0.5, 0.6) is 0 Å². The maximum absolute atomic E-state index is 13.0. The van der Waals surface area contributed by atoms with Crippen molar-refractivity contribution in [2.24, 2.45) is 0 Å². The lowest BCUT2D eigenvalue weighted by Gasteiger charge is -2.12. The monoisotopic (exact) mass is 398 g/mol. The third kappa shape index (κ3) is 3.71. The van der Waals surface area contributed by atoms with E-state index in [1.807, 2.05) is 60.9 Å². The maximum atomic E-state index is 13.0. The molecule has 30 heavy (non-hydrogen) atoms. The van der Waals surface area contributed by atoms with E-state index in [0.717, 1.165) is 22.8 Å². The van der Waals surface area contributed by atoms with E-state index in [4.69, 9.17) is 0 Å². The molecule has 0 fully saturated rings. The summed E-state index contributed by atoms with van der Waals surface area (Å²) in [6.45, 7) is 8.50. The number of benzene rings is 2. The van der Waals surface area contributed by atoms with Crippen LogP contribution in [0.2, 0.25) is 0 Å². The zero-order valence-corrected chi connectivity index (χ0v) is 17.8. The summed E-state index contributed by atoms with van der Waals surface area (Å²) in [5.74, 6) is 1.83. The molecule has 4 rings (SSSR count). The number of carbonyl (C=O) groups excluding carboxylic acids is 1. The van der Waals surface area contributed by atoms with Gasteiger partial charge in [0.1, 0.15) is 11.6 Å². The molecule has 0 aliphatic heterocycles. The van der Waals surface area contributed by atoms with E-state index in [-0.39, 0.29) is 5.78 Å². The Morgan fingerprint density at radius 2 is 1.03 bits per heavy atom. The van der Waals surface area contributed by atoms with Crippen molar-refractivity contribution in [2.75, 3.05) is 0 Å². The van der Waals surface area contributed by atoms with Crippen LogP contribution in [0, 0.1) is 0 Å².